The largest absolute Gasteiger partial charge is 0.325 e. The molecule has 1 amide bonds. The molecule has 4 heteroatoms. The van der Waals surface area contributed by atoms with Gasteiger partial charge in [0.05, 0.1) is 5.69 Å². The van der Waals surface area contributed by atoms with E-state index in [4.69, 9.17) is 0 Å². The van der Waals surface area contributed by atoms with E-state index in [-0.39, 0.29) is 17.1 Å². The van der Waals surface area contributed by atoms with Crippen molar-refractivity contribution in [1.82, 2.24) is 0 Å². The summed E-state index contributed by atoms with van der Waals surface area (Å²) in [7, 11) is 0. The molecule has 1 aromatic rings. The van der Waals surface area contributed by atoms with Gasteiger partial charge in [-0.2, -0.15) is 0 Å². The van der Waals surface area contributed by atoms with E-state index in [1.807, 2.05) is 20.8 Å². The van der Waals surface area contributed by atoms with Gasteiger partial charge >= 0.3 is 0 Å². The second-order valence-corrected chi connectivity index (χ2v) is 5.76. The second-order valence-electron chi connectivity index (χ2n) is 4.91. The average molecular weight is 288 g/mol. The van der Waals surface area contributed by atoms with Gasteiger partial charge in [0.15, 0.2) is 0 Å². The molecule has 16 heavy (non-hydrogen) atoms. The first-order valence-corrected chi connectivity index (χ1v) is 5.82. The highest BCUT2D eigenvalue weighted by Gasteiger charge is 2.16. The van der Waals surface area contributed by atoms with Gasteiger partial charge in [0.2, 0.25) is 5.91 Å². The van der Waals surface area contributed by atoms with Crippen molar-refractivity contribution in [3.8, 4) is 0 Å². The minimum absolute atomic E-state index is 0.0589. The predicted octanol–water partition coefficient (Wildman–Crippen LogP) is 3.96. The van der Waals surface area contributed by atoms with E-state index < -0.39 is 0 Å². The monoisotopic (exact) mass is 287 g/mol. The molecule has 88 valence electrons. The summed E-state index contributed by atoms with van der Waals surface area (Å²) in [5.41, 5.74) is 0.534. The van der Waals surface area contributed by atoms with Crippen LogP contribution in [0.4, 0.5) is 10.1 Å². The quantitative estimate of drug-likeness (QED) is 0.876. The third-order valence-electron chi connectivity index (χ3n) is 1.90. The number of hydrogen-bond donors (Lipinski definition) is 1. The van der Waals surface area contributed by atoms with Gasteiger partial charge in [0.1, 0.15) is 5.82 Å². The topological polar surface area (TPSA) is 29.1 Å². The zero-order valence-corrected chi connectivity index (χ0v) is 11.2. The Morgan fingerprint density at radius 1 is 1.44 bits per heavy atom. The number of halogens is 2. The van der Waals surface area contributed by atoms with Gasteiger partial charge in [-0.05, 0) is 39.5 Å². The number of nitrogens with one attached hydrogen (secondary N) is 1. The molecule has 0 aliphatic heterocycles. The molecule has 0 aromatic heterocycles. The van der Waals surface area contributed by atoms with Gasteiger partial charge in [-0.1, -0.05) is 20.8 Å². The number of rotatable bonds is 2. The number of carbonyl (C=O) groups excluding carboxylic acids is 1. The molecule has 1 N–H and O–H groups in total. The summed E-state index contributed by atoms with van der Waals surface area (Å²) in [6.07, 6.45) is 0.427. The van der Waals surface area contributed by atoms with Gasteiger partial charge in [0, 0.05) is 10.9 Å². The molecule has 0 bridgehead atoms. The van der Waals surface area contributed by atoms with E-state index in [1.165, 1.54) is 12.1 Å². The van der Waals surface area contributed by atoms with E-state index in [1.54, 1.807) is 6.07 Å². The van der Waals surface area contributed by atoms with Gasteiger partial charge in [-0.3, -0.25) is 4.79 Å². The molecule has 0 spiro atoms. The Morgan fingerprint density at radius 3 is 2.56 bits per heavy atom. The minimum atomic E-state index is -0.333. The molecule has 0 radical (unpaired) electrons. The highest BCUT2D eigenvalue weighted by molar-refractivity contribution is 9.10. The number of amides is 1. The molecule has 0 aliphatic rings. The summed E-state index contributed by atoms with van der Waals surface area (Å²) in [6.45, 7) is 5.98. The number of carbonyl (C=O) groups is 1. The fourth-order valence-electron chi connectivity index (χ4n) is 1.27. The Morgan fingerprint density at radius 2 is 2.06 bits per heavy atom. The molecule has 0 unspecified atom stereocenters. The third kappa shape index (κ3) is 4.31. The highest BCUT2D eigenvalue weighted by Crippen LogP contribution is 2.25. The van der Waals surface area contributed by atoms with Crippen LogP contribution in [0.5, 0.6) is 0 Å². The van der Waals surface area contributed by atoms with Crippen molar-refractivity contribution in [1.29, 1.82) is 0 Å². The number of hydrogen-bond acceptors (Lipinski definition) is 1. The summed E-state index contributed by atoms with van der Waals surface area (Å²) in [6, 6.07) is 4.18. The molecule has 0 saturated heterocycles. The van der Waals surface area contributed by atoms with Crippen LogP contribution < -0.4 is 5.32 Å². The fourth-order valence-corrected chi connectivity index (χ4v) is 1.72. The molecule has 2 nitrogen and oxygen atoms in total. The summed E-state index contributed by atoms with van der Waals surface area (Å²) in [5.74, 6) is -0.402. The standard InChI is InChI=1S/C12H15BrFNO/c1-12(2,3)7-11(16)15-10-5-4-8(14)6-9(10)13/h4-6H,7H2,1-3H3,(H,15,16). The first-order chi connectivity index (χ1) is 7.28. The van der Waals surface area contributed by atoms with Crippen molar-refractivity contribution in [3.63, 3.8) is 0 Å². The van der Waals surface area contributed by atoms with Crippen LogP contribution >= 0.6 is 15.9 Å². The maximum Gasteiger partial charge on any atom is 0.224 e. The Balaban J connectivity index is 2.70. The van der Waals surface area contributed by atoms with Crippen LogP contribution in [0.2, 0.25) is 0 Å². The van der Waals surface area contributed by atoms with Crippen molar-refractivity contribution in [3.05, 3.63) is 28.5 Å². The van der Waals surface area contributed by atoms with Crippen LogP contribution in [0.15, 0.2) is 22.7 Å². The lowest BCUT2D eigenvalue weighted by Gasteiger charge is -2.17. The van der Waals surface area contributed by atoms with E-state index in [2.05, 4.69) is 21.2 Å². The lowest BCUT2D eigenvalue weighted by molar-refractivity contribution is -0.117. The normalized spacial score (nSPS) is 11.3. The molecule has 0 heterocycles. The lowest BCUT2D eigenvalue weighted by Crippen LogP contribution is -2.19. The molecule has 1 rings (SSSR count). The van der Waals surface area contributed by atoms with Gasteiger partial charge in [-0.25, -0.2) is 4.39 Å². The van der Waals surface area contributed by atoms with Crippen LogP contribution in [-0.2, 0) is 4.79 Å². The molecule has 1 aromatic carbocycles. The Hall–Kier alpha value is -0.900. The van der Waals surface area contributed by atoms with Gasteiger partial charge < -0.3 is 5.32 Å². The minimum Gasteiger partial charge on any atom is -0.325 e. The zero-order chi connectivity index (χ0) is 12.3. The lowest BCUT2D eigenvalue weighted by atomic mass is 9.92. The Bertz CT molecular complexity index is 398. The summed E-state index contributed by atoms with van der Waals surface area (Å²) >= 11 is 3.20. The maximum absolute atomic E-state index is 12.8. The summed E-state index contributed by atoms with van der Waals surface area (Å²) < 4.78 is 13.4. The maximum atomic E-state index is 12.8. The first-order valence-electron chi connectivity index (χ1n) is 5.03. The van der Waals surface area contributed by atoms with E-state index in [0.29, 0.717) is 16.6 Å². The van der Waals surface area contributed by atoms with E-state index in [0.717, 1.165) is 0 Å². The van der Waals surface area contributed by atoms with E-state index in [9.17, 15) is 9.18 Å². The molecule has 0 aliphatic carbocycles. The summed E-state index contributed by atoms with van der Waals surface area (Å²) in [4.78, 5) is 11.6. The second kappa shape index (κ2) is 4.95. The fraction of sp³-hybridized carbons (Fsp3) is 0.417. The molecule has 0 fully saturated rings. The molecule has 0 saturated carbocycles. The third-order valence-corrected chi connectivity index (χ3v) is 2.55. The zero-order valence-electron chi connectivity index (χ0n) is 9.60. The van der Waals surface area contributed by atoms with Crippen LogP contribution in [0.25, 0.3) is 0 Å². The van der Waals surface area contributed by atoms with Crippen LogP contribution in [0.1, 0.15) is 27.2 Å². The highest BCUT2D eigenvalue weighted by atomic mass is 79.9. The van der Waals surface area contributed by atoms with Crippen LogP contribution in [0, 0.1) is 11.2 Å². The van der Waals surface area contributed by atoms with Gasteiger partial charge in [0.25, 0.3) is 0 Å². The Labute approximate surface area is 103 Å². The van der Waals surface area contributed by atoms with Crippen LogP contribution in [-0.4, -0.2) is 5.91 Å². The van der Waals surface area contributed by atoms with Gasteiger partial charge in [-0.15, -0.1) is 0 Å². The smallest absolute Gasteiger partial charge is 0.224 e. The van der Waals surface area contributed by atoms with Crippen LogP contribution in [0.3, 0.4) is 0 Å². The SMILES string of the molecule is CC(C)(C)CC(=O)Nc1ccc(F)cc1Br. The molecular formula is C12H15BrFNO. The predicted molar refractivity (Wildman–Crippen MR) is 66.8 cm³/mol. The van der Waals surface area contributed by atoms with Crippen molar-refractivity contribution < 1.29 is 9.18 Å². The first kappa shape index (κ1) is 13.2. The van der Waals surface area contributed by atoms with Crippen molar-refractivity contribution in [2.45, 2.75) is 27.2 Å². The molecular weight excluding hydrogens is 273 g/mol. The summed E-state index contributed by atoms with van der Waals surface area (Å²) in [5, 5.41) is 2.74. The van der Waals surface area contributed by atoms with Crippen molar-refractivity contribution in [2.24, 2.45) is 5.41 Å². The van der Waals surface area contributed by atoms with Crippen molar-refractivity contribution in [2.75, 3.05) is 5.32 Å². The average Bonchev–Trinajstić information content (AvgIpc) is 2.06. The Kier molecular flexibility index (Phi) is 4.08. The number of benzene rings is 1. The van der Waals surface area contributed by atoms with E-state index >= 15 is 0 Å². The molecule has 0 atom stereocenters. The van der Waals surface area contributed by atoms with Crippen molar-refractivity contribution >= 4 is 27.5 Å². The number of anilines is 1.